The number of thioether (sulfide) groups is 1. The number of hydrogen-bond acceptors (Lipinski definition) is 4. The molecule has 4 aliphatic carbocycles. The largest absolute Gasteiger partial charge is 0.389 e. The van der Waals surface area contributed by atoms with Gasteiger partial charge in [0.2, 0.25) is 0 Å². The zero-order chi connectivity index (χ0) is 20.4. The molecule has 4 nitrogen and oxygen atoms in total. The average molecular weight is 417 g/mol. The molecule has 1 heterocycles. The van der Waals surface area contributed by atoms with Crippen LogP contribution >= 0.6 is 11.8 Å². The number of hydrogen-bond donors (Lipinski definition) is 2. The lowest BCUT2D eigenvalue weighted by atomic mass is 9.46. The van der Waals surface area contributed by atoms with Gasteiger partial charge in [0.25, 0.3) is 0 Å². The molecule has 160 valence electrons. The van der Waals surface area contributed by atoms with Gasteiger partial charge in [0.05, 0.1) is 11.7 Å². The van der Waals surface area contributed by atoms with Crippen LogP contribution in [0.15, 0.2) is 29.2 Å². The van der Waals surface area contributed by atoms with Crippen molar-refractivity contribution in [3.05, 3.63) is 24.0 Å². The maximum absolute atomic E-state index is 11.9. The number of aromatic nitrogens is 2. The smallest absolute Gasteiger partial charge is 0.167 e. The standard InChI is InChI=1S/C24H36N2O2S/c1-22-9-6-17(27)14-16(22)4-5-18-19(22)7-10-23(2)20(18)8-11-24(23,28)15-29-21-25-12-13-26(21)3/h12-14,17-20,27-28H,4-11,15H2,1-3H3/t17-,18-,19+,20-,22+,23-,24-/m1/s1. The Balaban J connectivity index is 1.38. The Morgan fingerprint density at radius 3 is 2.69 bits per heavy atom. The van der Waals surface area contributed by atoms with E-state index in [4.69, 9.17) is 0 Å². The van der Waals surface area contributed by atoms with Crippen molar-refractivity contribution in [2.75, 3.05) is 5.75 Å². The third-order valence-electron chi connectivity index (χ3n) is 9.63. The van der Waals surface area contributed by atoms with Gasteiger partial charge in [0, 0.05) is 30.6 Å². The fraction of sp³-hybridized carbons (Fsp3) is 0.792. The van der Waals surface area contributed by atoms with Crippen LogP contribution in [0.25, 0.3) is 0 Å². The fourth-order valence-corrected chi connectivity index (χ4v) is 8.97. The lowest BCUT2D eigenvalue weighted by Crippen LogP contribution is -2.55. The molecule has 3 saturated carbocycles. The highest BCUT2D eigenvalue weighted by Gasteiger charge is 2.63. The van der Waals surface area contributed by atoms with Crippen LogP contribution in [0.5, 0.6) is 0 Å². The maximum atomic E-state index is 11.9. The highest BCUT2D eigenvalue weighted by atomic mass is 32.2. The highest BCUT2D eigenvalue weighted by Crippen LogP contribution is 2.68. The van der Waals surface area contributed by atoms with Crippen LogP contribution < -0.4 is 0 Å². The molecule has 0 spiro atoms. The first kappa shape index (κ1) is 20.1. The summed E-state index contributed by atoms with van der Waals surface area (Å²) in [5.41, 5.74) is 1.21. The summed E-state index contributed by atoms with van der Waals surface area (Å²) in [5, 5.41) is 23.0. The molecule has 0 aliphatic heterocycles. The van der Waals surface area contributed by atoms with E-state index in [9.17, 15) is 10.2 Å². The Kier molecular flexibility index (Phi) is 4.77. The number of nitrogens with zero attached hydrogens (tertiary/aromatic N) is 2. The molecule has 1 aromatic heterocycles. The van der Waals surface area contributed by atoms with Crippen molar-refractivity contribution in [1.82, 2.24) is 9.55 Å². The average Bonchev–Trinajstić information content (AvgIpc) is 3.22. The van der Waals surface area contributed by atoms with E-state index >= 15 is 0 Å². The summed E-state index contributed by atoms with van der Waals surface area (Å²) < 4.78 is 2.05. The van der Waals surface area contributed by atoms with Gasteiger partial charge in [-0.25, -0.2) is 4.98 Å². The number of aliphatic hydroxyl groups is 2. The Labute approximate surface area is 179 Å². The monoisotopic (exact) mass is 416 g/mol. The van der Waals surface area contributed by atoms with E-state index in [1.54, 1.807) is 11.8 Å². The molecule has 0 saturated heterocycles. The predicted octanol–water partition coefficient (Wildman–Crippen LogP) is 4.57. The summed E-state index contributed by atoms with van der Waals surface area (Å²) in [4.78, 5) is 4.45. The van der Waals surface area contributed by atoms with Gasteiger partial charge in [0.1, 0.15) is 0 Å². The number of aliphatic hydroxyl groups excluding tert-OH is 1. The quantitative estimate of drug-likeness (QED) is 0.560. The topological polar surface area (TPSA) is 58.3 Å². The summed E-state index contributed by atoms with van der Waals surface area (Å²) in [6.07, 6.45) is 14.6. The van der Waals surface area contributed by atoms with Gasteiger partial charge in [-0.2, -0.15) is 0 Å². The minimum atomic E-state index is -0.598. The van der Waals surface area contributed by atoms with Gasteiger partial charge in [-0.3, -0.25) is 0 Å². The second kappa shape index (κ2) is 6.86. The van der Waals surface area contributed by atoms with Crippen LogP contribution in [0.4, 0.5) is 0 Å². The summed E-state index contributed by atoms with van der Waals surface area (Å²) in [6, 6.07) is 0. The van der Waals surface area contributed by atoms with E-state index in [0.29, 0.717) is 5.92 Å². The van der Waals surface area contributed by atoms with E-state index in [1.165, 1.54) is 18.4 Å². The summed E-state index contributed by atoms with van der Waals surface area (Å²) in [5.74, 6) is 2.81. The first-order valence-corrected chi connectivity index (χ1v) is 12.5. The second-order valence-electron chi connectivity index (χ2n) is 10.8. The van der Waals surface area contributed by atoms with Crippen molar-refractivity contribution < 1.29 is 10.2 Å². The van der Waals surface area contributed by atoms with Crippen molar-refractivity contribution >= 4 is 11.8 Å². The molecular weight excluding hydrogens is 380 g/mol. The third-order valence-corrected chi connectivity index (χ3v) is 10.9. The van der Waals surface area contributed by atoms with Crippen molar-refractivity contribution in [3.63, 3.8) is 0 Å². The first-order chi connectivity index (χ1) is 13.8. The fourth-order valence-electron chi connectivity index (χ4n) is 7.73. The SMILES string of the molecule is Cn1ccnc1SC[C@]1(O)CC[C@@H]2[C@@H]3CCC4=C[C@H](O)CC[C@]4(C)[C@H]3CC[C@]21C. The van der Waals surface area contributed by atoms with E-state index in [1.807, 2.05) is 24.0 Å². The Morgan fingerprint density at radius 2 is 1.93 bits per heavy atom. The molecule has 4 aliphatic rings. The molecule has 0 amide bonds. The Morgan fingerprint density at radius 1 is 1.14 bits per heavy atom. The lowest BCUT2D eigenvalue weighted by Gasteiger charge is -2.59. The van der Waals surface area contributed by atoms with Gasteiger partial charge in [0.15, 0.2) is 5.16 Å². The maximum Gasteiger partial charge on any atom is 0.167 e. The van der Waals surface area contributed by atoms with Crippen LogP contribution in [-0.2, 0) is 7.05 Å². The lowest BCUT2D eigenvalue weighted by molar-refractivity contribution is -0.116. The van der Waals surface area contributed by atoms with E-state index in [0.717, 1.165) is 61.3 Å². The summed E-state index contributed by atoms with van der Waals surface area (Å²) in [6.45, 7) is 4.86. The Bertz CT molecular complexity index is 822. The van der Waals surface area contributed by atoms with E-state index in [-0.39, 0.29) is 16.9 Å². The molecule has 5 heteroatoms. The molecule has 0 unspecified atom stereocenters. The minimum absolute atomic E-state index is 0.0120. The number of rotatable bonds is 3. The van der Waals surface area contributed by atoms with Crippen LogP contribution in [0, 0.1) is 28.6 Å². The van der Waals surface area contributed by atoms with E-state index in [2.05, 4.69) is 24.9 Å². The summed E-state index contributed by atoms with van der Waals surface area (Å²) >= 11 is 1.72. The van der Waals surface area contributed by atoms with Gasteiger partial charge < -0.3 is 14.8 Å². The zero-order valence-electron chi connectivity index (χ0n) is 18.1. The molecule has 0 bridgehead atoms. The Hall–Kier alpha value is -0.780. The van der Waals surface area contributed by atoms with Crippen LogP contribution in [0.3, 0.4) is 0 Å². The van der Waals surface area contributed by atoms with Crippen LogP contribution in [-0.4, -0.2) is 37.2 Å². The van der Waals surface area contributed by atoms with Crippen molar-refractivity contribution in [3.8, 4) is 0 Å². The highest BCUT2D eigenvalue weighted by molar-refractivity contribution is 7.99. The number of imidazole rings is 1. The van der Waals surface area contributed by atoms with E-state index < -0.39 is 5.60 Å². The van der Waals surface area contributed by atoms with Crippen LogP contribution in [0.2, 0.25) is 0 Å². The first-order valence-electron chi connectivity index (χ1n) is 11.5. The van der Waals surface area contributed by atoms with Gasteiger partial charge >= 0.3 is 0 Å². The van der Waals surface area contributed by atoms with Gasteiger partial charge in [-0.05, 0) is 74.5 Å². The molecule has 29 heavy (non-hydrogen) atoms. The van der Waals surface area contributed by atoms with Gasteiger partial charge in [-0.15, -0.1) is 0 Å². The number of aryl methyl sites for hydroxylation is 1. The third kappa shape index (κ3) is 2.90. The molecule has 5 rings (SSSR count). The van der Waals surface area contributed by atoms with Crippen molar-refractivity contribution in [2.45, 2.75) is 82.1 Å². The number of allylic oxidation sites excluding steroid dienone is 1. The van der Waals surface area contributed by atoms with Crippen molar-refractivity contribution in [2.24, 2.45) is 35.6 Å². The zero-order valence-corrected chi connectivity index (χ0v) is 18.9. The molecular formula is C24H36N2O2S. The minimum Gasteiger partial charge on any atom is -0.389 e. The molecule has 7 atom stereocenters. The number of fused-ring (bicyclic) bond motifs is 5. The normalized spacial score (nSPS) is 46.6. The summed E-state index contributed by atoms with van der Waals surface area (Å²) in [7, 11) is 2.03. The van der Waals surface area contributed by atoms with Crippen LogP contribution in [0.1, 0.15) is 65.2 Å². The molecule has 1 aromatic rings. The second-order valence-corrected chi connectivity index (χ2v) is 11.7. The molecule has 3 fully saturated rings. The van der Waals surface area contributed by atoms with Gasteiger partial charge in [-0.1, -0.05) is 37.3 Å². The van der Waals surface area contributed by atoms with Crippen molar-refractivity contribution in [1.29, 1.82) is 0 Å². The molecule has 2 N–H and O–H groups in total. The molecule has 0 radical (unpaired) electrons. The predicted molar refractivity (Wildman–Crippen MR) is 117 cm³/mol. The molecule has 0 aromatic carbocycles.